The number of nitrogens with one attached hydrogen (secondary N) is 1. The fourth-order valence-electron chi connectivity index (χ4n) is 2.51. The van der Waals surface area contributed by atoms with Gasteiger partial charge >= 0.3 is 0 Å². The molecule has 0 saturated carbocycles. The van der Waals surface area contributed by atoms with E-state index in [2.05, 4.69) is 5.32 Å². The van der Waals surface area contributed by atoms with Crippen molar-refractivity contribution in [3.8, 4) is 5.75 Å². The standard InChI is InChI=1S/C23H20ClNO2/c1-17-21(24)8-5-9-22(17)25-23(26)15-12-18-10-13-20(14-11-18)27-16-19-6-3-2-4-7-19/h2-15H,16H2,1H3,(H,25,26)/b15-12+. The molecule has 0 heterocycles. The number of carbonyl (C=O) groups is 1. The van der Waals surface area contributed by atoms with Crippen LogP contribution in [0.2, 0.25) is 5.02 Å². The summed E-state index contributed by atoms with van der Waals surface area (Å²) in [6.45, 7) is 2.40. The average molecular weight is 378 g/mol. The van der Waals surface area contributed by atoms with Gasteiger partial charge in [-0.2, -0.15) is 0 Å². The first kappa shape index (κ1) is 18.7. The number of rotatable bonds is 6. The summed E-state index contributed by atoms with van der Waals surface area (Å²) in [6.07, 6.45) is 3.26. The van der Waals surface area contributed by atoms with Crippen LogP contribution in [0.3, 0.4) is 0 Å². The molecule has 3 aromatic carbocycles. The van der Waals surface area contributed by atoms with E-state index in [1.165, 1.54) is 6.08 Å². The number of carbonyl (C=O) groups excluding carboxylic acids is 1. The Balaban J connectivity index is 1.55. The van der Waals surface area contributed by atoms with E-state index >= 15 is 0 Å². The Bertz CT molecular complexity index is 934. The van der Waals surface area contributed by atoms with E-state index in [0.29, 0.717) is 17.3 Å². The normalized spacial score (nSPS) is 10.7. The minimum atomic E-state index is -0.204. The highest BCUT2D eigenvalue weighted by Crippen LogP contribution is 2.23. The van der Waals surface area contributed by atoms with Gasteiger partial charge in [0.15, 0.2) is 0 Å². The quantitative estimate of drug-likeness (QED) is 0.545. The van der Waals surface area contributed by atoms with E-state index in [1.807, 2.05) is 73.7 Å². The van der Waals surface area contributed by atoms with Crippen molar-refractivity contribution in [3.63, 3.8) is 0 Å². The van der Waals surface area contributed by atoms with Gasteiger partial charge < -0.3 is 10.1 Å². The summed E-state index contributed by atoms with van der Waals surface area (Å²) in [5, 5.41) is 3.46. The number of hydrogen-bond acceptors (Lipinski definition) is 2. The van der Waals surface area contributed by atoms with Gasteiger partial charge in [-0.3, -0.25) is 4.79 Å². The largest absolute Gasteiger partial charge is 0.489 e. The van der Waals surface area contributed by atoms with Gasteiger partial charge in [-0.25, -0.2) is 0 Å². The molecule has 4 heteroatoms. The Kier molecular flexibility index (Phi) is 6.29. The lowest BCUT2D eigenvalue weighted by Gasteiger charge is -2.07. The molecule has 0 unspecified atom stereocenters. The first-order valence-corrected chi connectivity index (χ1v) is 9.00. The molecule has 0 spiro atoms. The van der Waals surface area contributed by atoms with E-state index in [4.69, 9.17) is 16.3 Å². The number of benzene rings is 3. The van der Waals surface area contributed by atoms with Crippen molar-refractivity contribution < 1.29 is 9.53 Å². The molecule has 27 heavy (non-hydrogen) atoms. The Labute approximate surface area is 164 Å². The monoisotopic (exact) mass is 377 g/mol. The van der Waals surface area contributed by atoms with E-state index in [1.54, 1.807) is 12.1 Å². The number of halogens is 1. The molecule has 0 aliphatic carbocycles. The van der Waals surface area contributed by atoms with E-state index in [-0.39, 0.29) is 5.91 Å². The third-order valence-corrected chi connectivity index (χ3v) is 4.49. The number of ether oxygens (including phenoxy) is 1. The molecule has 0 saturated heterocycles. The highest BCUT2D eigenvalue weighted by atomic mass is 35.5. The van der Waals surface area contributed by atoms with Crippen LogP contribution in [0.5, 0.6) is 5.75 Å². The van der Waals surface area contributed by atoms with Gasteiger partial charge in [0.2, 0.25) is 5.91 Å². The number of amides is 1. The van der Waals surface area contributed by atoms with Crippen molar-refractivity contribution in [2.45, 2.75) is 13.5 Å². The van der Waals surface area contributed by atoms with E-state index < -0.39 is 0 Å². The fourth-order valence-corrected chi connectivity index (χ4v) is 2.68. The summed E-state index contributed by atoms with van der Waals surface area (Å²) >= 11 is 6.07. The van der Waals surface area contributed by atoms with Gasteiger partial charge in [0, 0.05) is 16.8 Å². The third-order valence-electron chi connectivity index (χ3n) is 4.08. The second kappa shape index (κ2) is 9.06. The molecule has 3 aromatic rings. The summed E-state index contributed by atoms with van der Waals surface area (Å²) in [5.74, 6) is 0.583. The first-order valence-electron chi connectivity index (χ1n) is 8.63. The van der Waals surface area contributed by atoms with Gasteiger partial charge in [0.25, 0.3) is 0 Å². The third kappa shape index (κ3) is 5.47. The van der Waals surface area contributed by atoms with Gasteiger partial charge in [-0.1, -0.05) is 60.1 Å². The molecule has 3 rings (SSSR count). The summed E-state index contributed by atoms with van der Waals surface area (Å²) in [6, 6.07) is 23.0. The van der Waals surface area contributed by atoms with Crippen LogP contribution in [-0.2, 0) is 11.4 Å². The Morgan fingerprint density at radius 1 is 1.00 bits per heavy atom. The minimum Gasteiger partial charge on any atom is -0.489 e. The Morgan fingerprint density at radius 3 is 2.48 bits per heavy atom. The molecule has 136 valence electrons. The molecule has 0 atom stereocenters. The summed E-state index contributed by atoms with van der Waals surface area (Å²) in [5.41, 5.74) is 3.59. The van der Waals surface area contributed by atoms with Crippen molar-refractivity contribution in [2.24, 2.45) is 0 Å². The van der Waals surface area contributed by atoms with Crippen LogP contribution in [0, 0.1) is 6.92 Å². The molecule has 0 fully saturated rings. The molecule has 0 bridgehead atoms. The minimum absolute atomic E-state index is 0.204. The zero-order valence-corrected chi connectivity index (χ0v) is 15.7. The van der Waals surface area contributed by atoms with Crippen molar-refractivity contribution in [2.75, 3.05) is 5.32 Å². The van der Waals surface area contributed by atoms with Crippen molar-refractivity contribution in [3.05, 3.63) is 101 Å². The van der Waals surface area contributed by atoms with Crippen molar-refractivity contribution in [1.29, 1.82) is 0 Å². The second-order valence-corrected chi connectivity index (χ2v) is 6.49. The van der Waals surface area contributed by atoms with Gasteiger partial charge in [-0.05, 0) is 54.0 Å². The van der Waals surface area contributed by atoms with Crippen LogP contribution >= 0.6 is 11.6 Å². The van der Waals surface area contributed by atoms with Crippen LogP contribution in [-0.4, -0.2) is 5.91 Å². The topological polar surface area (TPSA) is 38.3 Å². The van der Waals surface area contributed by atoms with Crippen LogP contribution in [0.25, 0.3) is 6.08 Å². The van der Waals surface area contributed by atoms with Crippen LogP contribution in [0.4, 0.5) is 5.69 Å². The highest BCUT2D eigenvalue weighted by Gasteiger charge is 2.04. The van der Waals surface area contributed by atoms with E-state index in [0.717, 1.165) is 22.4 Å². The molecule has 1 amide bonds. The van der Waals surface area contributed by atoms with Crippen molar-refractivity contribution in [1.82, 2.24) is 0 Å². The molecule has 0 aliphatic heterocycles. The predicted molar refractivity (Wildman–Crippen MR) is 111 cm³/mol. The smallest absolute Gasteiger partial charge is 0.248 e. The molecule has 0 radical (unpaired) electrons. The molecule has 3 nitrogen and oxygen atoms in total. The van der Waals surface area contributed by atoms with Crippen LogP contribution in [0.1, 0.15) is 16.7 Å². The molecular weight excluding hydrogens is 358 g/mol. The first-order chi connectivity index (χ1) is 13.1. The second-order valence-electron chi connectivity index (χ2n) is 6.08. The molecule has 1 N–H and O–H groups in total. The van der Waals surface area contributed by atoms with Gasteiger partial charge in [-0.15, -0.1) is 0 Å². The van der Waals surface area contributed by atoms with Crippen LogP contribution < -0.4 is 10.1 Å². The maximum atomic E-state index is 12.1. The van der Waals surface area contributed by atoms with E-state index in [9.17, 15) is 4.79 Å². The van der Waals surface area contributed by atoms with Crippen LogP contribution in [0.15, 0.2) is 78.9 Å². The van der Waals surface area contributed by atoms with Gasteiger partial charge in [0.05, 0.1) is 0 Å². The maximum Gasteiger partial charge on any atom is 0.248 e. The fraction of sp³-hybridized carbons (Fsp3) is 0.0870. The van der Waals surface area contributed by atoms with Gasteiger partial charge in [0.1, 0.15) is 12.4 Å². The Morgan fingerprint density at radius 2 is 1.74 bits per heavy atom. The SMILES string of the molecule is Cc1c(Cl)cccc1NC(=O)/C=C/c1ccc(OCc2ccccc2)cc1. The number of anilines is 1. The average Bonchev–Trinajstić information content (AvgIpc) is 2.70. The molecule has 0 aliphatic rings. The maximum absolute atomic E-state index is 12.1. The van der Waals surface area contributed by atoms with Crippen molar-refractivity contribution >= 4 is 29.3 Å². The molecular formula is C23H20ClNO2. The number of hydrogen-bond donors (Lipinski definition) is 1. The molecule has 0 aromatic heterocycles. The zero-order chi connectivity index (χ0) is 19.1. The summed E-state index contributed by atoms with van der Waals surface area (Å²) in [7, 11) is 0. The lowest BCUT2D eigenvalue weighted by Crippen LogP contribution is -2.08. The summed E-state index contributed by atoms with van der Waals surface area (Å²) < 4.78 is 5.76. The lowest BCUT2D eigenvalue weighted by molar-refractivity contribution is -0.111. The summed E-state index contributed by atoms with van der Waals surface area (Å²) in [4.78, 5) is 12.1. The lowest BCUT2D eigenvalue weighted by atomic mass is 10.2. The Hall–Kier alpha value is -3.04. The predicted octanol–water partition coefficient (Wildman–Crippen LogP) is 5.88. The highest BCUT2D eigenvalue weighted by molar-refractivity contribution is 6.31. The zero-order valence-electron chi connectivity index (χ0n) is 15.0.